The van der Waals surface area contributed by atoms with Crippen LogP contribution in [-0.2, 0) is 6.54 Å². The quantitative estimate of drug-likeness (QED) is 0.919. The average molecular weight is 292 g/mol. The van der Waals surface area contributed by atoms with Crippen molar-refractivity contribution in [3.63, 3.8) is 0 Å². The van der Waals surface area contributed by atoms with E-state index in [2.05, 4.69) is 5.32 Å². The summed E-state index contributed by atoms with van der Waals surface area (Å²) in [6, 6.07) is 12.9. The van der Waals surface area contributed by atoms with Gasteiger partial charge in [-0.05, 0) is 18.2 Å². The highest BCUT2D eigenvalue weighted by Crippen LogP contribution is 2.32. The van der Waals surface area contributed by atoms with Gasteiger partial charge in [0.05, 0.1) is 6.61 Å². The maximum Gasteiger partial charge on any atom is 0.129 e. The molecule has 3 rings (SSSR count). The summed E-state index contributed by atoms with van der Waals surface area (Å²) < 4.78 is 19.4. The van der Waals surface area contributed by atoms with Crippen LogP contribution in [0, 0.1) is 5.82 Å². The van der Waals surface area contributed by atoms with Crippen molar-refractivity contribution in [2.24, 2.45) is 0 Å². The van der Waals surface area contributed by atoms with Gasteiger partial charge in [0.25, 0.3) is 0 Å². The Morgan fingerprint density at radius 2 is 2.05 bits per heavy atom. The van der Waals surface area contributed by atoms with Gasteiger partial charge in [0.2, 0.25) is 0 Å². The second-order valence-corrected chi connectivity index (χ2v) is 5.22. The van der Waals surface area contributed by atoms with Crippen molar-refractivity contribution in [3.8, 4) is 5.75 Å². The lowest BCUT2D eigenvalue weighted by molar-refractivity contribution is 0.252. The fraction of sp³-hybridized carbons (Fsp3) is 0.250. The van der Waals surface area contributed by atoms with Gasteiger partial charge in [-0.2, -0.15) is 0 Å². The highest BCUT2D eigenvalue weighted by Gasteiger charge is 2.21. The molecule has 0 amide bonds. The Labute approximate surface area is 122 Å². The summed E-state index contributed by atoms with van der Waals surface area (Å²) in [6.07, 6.45) is 0.864. The van der Waals surface area contributed by atoms with Crippen LogP contribution in [0.1, 0.15) is 23.6 Å². The van der Waals surface area contributed by atoms with Crippen LogP contribution in [0.5, 0.6) is 5.75 Å². The second-order valence-electron chi connectivity index (χ2n) is 4.81. The number of para-hydroxylation sites is 1. The molecule has 0 radical (unpaired) electrons. The Kier molecular flexibility index (Phi) is 3.90. The van der Waals surface area contributed by atoms with Crippen molar-refractivity contribution >= 4 is 11.6 Å². The van der Waals surface area contributed by atoms with Crippen molar-refractivity contribution in [2.45, 2.75) is 19.0 Å². The van der Waals surface area contributed by atoms with Crippen LogP contribution >= 0.6 is 11.6 Å². The molecule has 1 heterocycles. The van der Waals surface area contributed by atoms with Gasteiger partial charge in [0.1, 0.15) is 11.6 Å². The predicted octanol–water partition coefficient (Wildman–Crippen LogP) is 4.09. The van der Waals surface area contributed by atoms with E-state index < -0.39 is 0 Å². The first-order valence-electron chi connectivity index (χ1n) is 6.63. The number of benzene rings is 2. The fourth-order valence-corrected chi connectivity index (χ4v) is 2.71. The largest absolute Gasteiger partial charge is 0.493 e. The molecule has 1 aliphatic rings. The van der Waals surface area contributed by atoms with E-state index in [0.717, 1.165) is 17.7 Å². The van der Waals surface area contributed by atoms with Crippen LogP contribution in [-0.4, -0.2) is 6.61 Å². The minimum Gasteiger partial charge on any atom is -0.493 e. The molecule has 0 aliphatic carbocycles. The zero-order valence-electron chi connectivity index (χ0n) is 10.9. The van der Waals surface area contributed by atoms with Gasteiger partial charge in [-0.25, -0.2) is 4.39 Å². The molecule has 0 saturated carbocycles. The minimum absolute atomic E-state index is 0.163. The molecule has 0 aromatic heterocycles. The molecule has 1 N–H and O–H groups in total. The van der Waals surface area contributed by atoms with Gasteiger partial charge < -0.3 is 10.1 Å². The fourth-order valence-electron chi connectivity index (χ4n) is 2.48. The first-order valence-corrected chi connectivity index (χ1v) is 7.01. The molecule has 104 valence electrons. The Balaban J connectivity index is 1.77. The van der Waals surface area contributed by atoms with Gasteiger partial charge in [0.15, 0.2) is 0 Å². The van der Waals surface area contributed by atoms with Crippen molar-refractivity contribution in [2.75, 3.05) is 6.61 Å². The standard InChI is InChI=1S/C16H15ClFNO/c17-13-5-3-6-14(18)12(13)10-19-15-8-9-20-16-7-2-1-4-11(15)16/h1-7,15,19H,8-10H2. The van der Waals surface area contributed by atoms with Crippen LogP contribution in [0.3, 0.4) is 0 Å². The maximum atomic E-state index is 13.8. The highest BCUT2D eigenvalue weighted by atomic mass is 35.5. The average Bonchev–Trinajstić information content (AvgIpc) is 2.47. The summed E-state index contributed by atoms with van der Waals surface area (Å²) >= 11 is 6.04. The predicted molar refractivity (Wildman–Crippen MR) is 77.5 cm³/mol. The Bertz CT molecular complexity index is 597. The lowest BCUT2D eigenvalue weighted by Gasteiger charge is -2.27. The van der Waals surface area contributed by atoms with Crippen molar-refractivity contribution in [1.82, 2.24) is 5.32 Å². The van der Waals surface area contributed by atoms with E-state index in [1.165, 1.54) is 6.07 Å². The molecule has 0 bridgehead atoms. The topological polar surface area (TPSA) is 21.3 Å². The number of nitrogens with one attached hydrogen (secondary N) is 1. The number of hydrogen-bond donors (Lipinski definition) is 1. The van der Waals surface area contributed by atoms with Gasteiger partial charge in [-0.15, -0.1) is 0 Å². The van der Waals surface area contributed by atoms with Crippen LogP contribution < -0.4 is 10.1 Å². The summed E-state index contributed by atoms with van der Waals surface area (Å²) in [6.45, 7) is 1.07. The summed E-state index contributed by atoms with van der Waals surface area (Å²) in [5.74, 6) is 0.626. The molecule has 1 atom stereocenters. The smallest absolute Gasteiger partial charge is 0.129 e. The number of fused-ring (bicyclic) bond motifs is 1. The zero-order valence-corrected chi connectivity index (χ0v) is 11.7. The van der Waals surface area contributed by atoms with Crippen LogP contribution in [0.25, 0.3) is 0 Å². The Morgan fingerprint density at radius 3 is 2.90 bits per heavy atom. The molecule has 1 aliphatic heterocycles. The Hall–Kier alpha value is -1.58. The lowest BCUT2D eigenvalue weighted by atomic mass is 10.0. The normalized spacial score (nSPS) is 17.4. The van der Waals surface area contributed by atoms with Crippen molar-refractivity contribution < 1.29 is 9.13 Å². The molecule has 2 nitrogen and oxygen atoms in total. The Morgan fingerprint density at radius 1 is 1.20 bits per heavy atom. The monoisotopic (exact) mass is 291 g/mol. The third-order valence-corrected chi connectivity index (χ3v) is 3.90. The number of ether oxygens (including phenoxy) is 1. The molecular formula is C16H15ClFNO. The highest BCUT2D eigenvalue weighted by molar-refractivity contribution is 6.31. The van der Waals surface area contributed by atoms with Crippen LogP contribution in [0.15, 0.2) is 42.5 Å². The van der Waals surface area contributed by atoms with Gasteiger partial charge in [-0.1, -0.05) is 35.9 Å². The van der Waals surface area contributed by atoms with Gasteiger partial charge in [-0.3, -0.25) is 0 Å². The van der Waals surface area contributed by atoms with E-state index in [1.54, 1.807) is 12.1 Å². The zero-order chi connectivity index (χ0) is 13.9. The summed E-state index contributed by atoms with van der Waals surface area (Å²) in [4.78, 5) is 0. The summed E-state index contributed by atoms with van der Waals surface area (Å²) in [5, 5.41) is 3.83. The first kappa shape index (κ1) is 13.4. The second kappa shape index (κ2) is 5.81. The van der Waals surface area contributed by atoms with Crippen molar-refractivity contribution in [1.29, 1.82) is 0 Å². The minimum atomic E-state index is -0.273. The van der Waals surface area contributed by atoms with E-state index in [-0.39, 0.29) is 11.9 Å². The van der Waals surface area contributed by atoms with Crippen molar-refractivity contribution in [3.05, 3.63) is 64.4 Å². The molecule has 4 heteroatoms. The van der Waals surface area contributed by atoms with Crippen LogP contribution in [0.4, 0.5) is 4.39 Å². The molecule has 2 aromatic rings. The number of hydrogen-bond acceptors (Lipinski definition) is 2. The molecule has 1 unspecified atom stereocenters. The third kappa shape index (κ3) is 2.65. The lowest BCUT2D eigenvalue weighted by Crippen LogP contribution is -2.27. The summed E-state index contributed by atoms with van der Waals surface area (Å²) in [7, 11) is 0. The van der Waals surface area contributed by atoms with E-state index in [4.69, 9.17) is 16.3 Å². The number of halogens is 2. The maximum absolute atomic E-state index is 13.8. The number of rotatable bonds is 3. The van der Waals surface area contributed by atoms with Crippen LogP contribution in [0.2, 0.25) is 5.02 Å². The molecular weight excluding hydrogens is 277 g/mol. The van der Waals surface area contributed by atoms with Gasteiger partial charge >= 0.3 is 0 Å². The molecule has 2 aromatic carbocycles. The summed E-state index contributed by atoms with van der Waals surface area (Å²) in [5.41, 5.74) is 1.63. The molecule has 0 spiro atoms. The first-order chi connectivity index (χ1) is 9.75. The van der Waals surface area contributed by atoms with E-state index in [1.807, 2.05) is 24.3 Å². The van der Waals surface area contributed by atoms with E-state index >= 15 is 0 Å². The third-order valence-electron chi connectivity index (χ3n) is 3.55. The molecule has 0 saturated heterocycles. The molecule has 20 heavy (non-hydrogen) atoms. The SMILES string of the molecule is Fc1cccc(Cl)c1CNC1CCOc2ccccc21. The van der Waals surface area contributed by atoms with E-state index in [0.29, 0.717) is 23.7 Å². The van der Waals surface area contributed by atoms with E-state index in [9.17, 15) is 4.39 Å². The molecule has 0 fully saturated rings. The van der Waals surface area contributed by atoms with Gasteiger partial charge in [0, 0.05) is 35.2 Å².